The van der Waals surface area contributed by atoms with Crippen LogP contribution in [-0.4, -0.2) is 9.55 Å². The smallest absolute Gasteiger partial charge is 0.112 e. The van der Waals surface area contributed by atoms with Gasteiger partial charge in [0.1, 0.15) is 5.52 Å². The second-order valence-electron chi connectivity index (χ2n) is 3.48. The van der Waals surface area contributed by atoms with Crippen LogP contribution in [0.2, 0.25) is 0 Å². The molecule has 0 saturated carbocycles. The van der Waals surface area contributed by atoms with E-state index in [0.717, 1.165) is 22.3 Å². The summed E-state index contributed by atoms with van der Waals surface area (Å²) < 4.78 is 2.00. The number of fused-ring (bicyclic) bond motifs is 1. The summed E-state index contributed by atoms with van der Waals surface area (Å²) in [4.78, 5) is 4.28. The number of benzene rings is 1. The molecule has 2 N–H and O–H groups in total. The summed E-state index contributed by atoms with van der Waals surface area (Å²) in [6.45, 7) is 4.09. The highest BCUT2D eigenvalue weighted by Gasteiger charge is 2.08. The van der Waals surface area contributed by atoms with E-state index in [-0.39, 0.29) is 0 Å². The van der Waals surface area contributed by atoms with Gasteiger partial charge < -0.3 is 10.3 Å². The number of rotatable bonds is 0. The van der Waals surface area contributed by atoms with Crippen molar-refractivity contribution in [1.29, 1.82) is 0 Å². The Balaban J connectivity index is 2.99. The summed E-state index contributed by atoms with van der Waals surface area (Å²) in [5.74, 6) is 0. The van der Waals surface area contributed by atoms with Crippen LogP contribution in [0, 0.1) is 13.8 Å². The summed E-state index contributed by atoms with van der Waals surface area (Å²) in [5.41, 5.74) is 11.1. The molecule has 0 amide bonds. The van der Waals surface area contributed by atoms with Crippen molar-refractivity contribution in [1.82, 2.24) is 9.55 Å². The number of anilines is 1. The molecule has 0 aliphatic rings. The van der Waals surface area contributed by atoms with Crippen molar-refractivity contribution in [3.63, 3.8) is 0 Å². The van der Waals surface area contributed by atoms with Crippen molar-refractivity contribution < 1.29 is 0 Å². The standard InChI is InChI=1S/C10H13N3/c1-6-4-7(2)10-9(8(6)11)12-5-13(10)3/h4-5H,11H2,1-3H3. The molecule has 3 nitrogen and oxygen atoms in total. The SMILES string of the molecule is Cc1cc(C)c2c(ncn2C)c1N. The molecule has 0 atom stereocenters. The fourth-order valence-electron chi connectivity index (χ4n) is 1.75. The van der Waals surface area contributed by atoms with Crippen molar-refractivity contribution >= 4 is 16.7 Å². The van der Waals surface area contributed by atoms with Crippen LogP contribution in [0.15, 0.2) is 12.4 Å². The van der Waals surface area contributed by atoms with Gasteiger partial charge in [0.15, 0.2) is 0 Å². The number of imidazole rings is 1. The van der Waals surface area contributed by atoms with Gasteiger partial charge in [-0.05, 0) is 25.0 Å². The maximum absolute atomic E-state index is 5.92. The molecular formula is C10H13N3. The van der Waals surface area contributed by atoms with Gasteiger partial charge in [-0.1, -0.05) is 6.07 Å². The number of hydrogen-bond donors (Lipinski definition) is 1. The van der Waals surface area contributed by atoms with Gasteiger partial charge >= 0.3 is 0 Å². The van der Waals surface area contributed by atoms with E-state index in [1.807, 2.05) is 18.5 Å². The first-order chi connectivity index (χ1) is 6.11. The summed E-state index contributed by atoms with van der Waals surface area (Å²) in [6.07, 6.45) is 1.80. The van der Waals surface area contributed by atoms with Gasteiger partial charge in [0.25, 0.3) is 0 Å². The van der Waals surface area contributed by atoms with Gasteiger partial charge in [0.05, 0.1) is 17.5 Å². The van der Waals surface area contributed by atoms with Crippen molar-refractivity contribution in [3.05, 3.63) is 23.5 Å². The number of aromatic nitrogens is 2. The molecule has 0 aliphatic heterocycles. The Kier molecular flexibility index (Phi) is 1.55. The van der Waals surface area contributed by atoms with E-state index in [1.54, 1.807) is 6.33 Å². The van der Waals surface area contributed by atoms with Crippen LogP contribution in [0.1, 0.15) is 11.1 Å². The first-order valence-electron chi connectivity index (χ1n) is 4.28. The Hall–Kier alpha value is -1.51. The highest BCUT2D eigenvalue weighted by atomic mass is 15.0. The Morgan fingerprint density at radius 3 is 2.69 bits per heavy atom. The lowest BCUT2D eigenvalue weighted by atomic mass is 10.1. The second kappa shape index (κ2) is 2.49. The topological polar surface area (TPSA) is 43.8 Å². The molecule has 0 bridgehead atoms. The average Bonchev–Trinajstić information content (AvgIpc) is 2.44. The van der Waals surface area contributed by atoms with Crippen LogP contribution in [0.5, 0.6) is 0 Å². The van der Waals surface area contributed by atoms with Crippen LogP contribution in [0.25, 0.3) is 11.0 Å². The first-order valence-corrected chi connectivity index (χ1v) is 4.28. The monoisotopic (exact) mass is 175 g/mol. The number of nitrogens with two attached hydrogens (primary N) is 1. The second-order valence-corrected chi connectivity index (χ2v) is 3.48. The van der Waals surface area contributed by atoms with Crippen molar-refractivity contribution in [2.24, 2.45) is 7.05 Å². The number of nitrogen functional groups attached to an aromatic ring is 1. The molecule has 1 aromatic heterocycles. The lowest BCUT2D eigenvalue weighted by molar-refractivity contribution is 0.943. The van der Waals surface area contributed by atoms with Gasteiger partial charge in [-0.15, -0.1) is 0 Å². The van der Waals surface area contributed by atoms with Gasteiger partial charge in [-0.25, -0.2) is 4.98 Å². The minimum atomic E-state index is 0.793. The number of aryl methyl sites for hydroxylation is 3. The summed E-state index contributed by atoms with van der Waals surface area (Å²) in [6, 6.07) is 2.10. The van der Waals surface area contributed by atoms with Crippen molar-refractivity contribution in [3.8, 4) is 0 Å². The van der Waals surface area contributed by atoms with E-state index in [2.05, 4.69) is 18.0 Å². The largest absolute Gasteiger partial charge is 0.397 e. The zero-order chi connectivity index (χ0) is 9.59. The predicted molar refractivity (Wildman–Crippen MR) is 54.6 cm³/mol. The molecule has 68 valence electrons. The summed E-state index contributed by atoms with van der Waals surface area (Å²) >= 11 is 0. The van der Waals surface area contributed by atoms with E-state index in [4.69, 9.17) is 5.73 Å². The van der Waals surface area contributed by atoms with E-state index >= 15 is 0 Å². The quantitative estimate of drug-likeness (QED) is 0.620. The van der Waals surface area contributed by atoms with Gasteiger partial charge in [0.2, 0.25) is 0 Å². The molecule has 0 aliphatic carbocycles. The highest BCUT2D eigenvalue weighted by Crippen LogP contribution is 2.25. The molecule has 0 spiro atoms. The average molecular weight is 175 g/mol. The molecule has 0 saturated heterocycles. The first kappa shape index (κ1) is 8.10. The van der Waals surface area contributed by atoms with Crippen molar-refractivity contribution in [2.45, 2.75) is 13.8 Å². The van der Waals surface area contributed by atoms with Crippen molar-refractivity contribution in [2.75, 3.05) is 5.73 Å². The highest BCUT2D eigenvalue weighted by molar-refractivity contribution is 5.91. The molecule has 1 aromatic carbocycles. The molecule has 0 unspecified atom stereocenters. The Labute approximate surface area is 77.2 Å². The molecule has 2 rings (SSSR count). The molecule has 0 fully saturated rings. The molecule has 2 aromatic rings. The molecule has 0 radical (unpaired) electrons. The Bertz CT molecular complexity index is 468. The number of nitrogens with zero attached hydrogens (tertiary/aromatic N) is 2. The number of hydrogen-bond acceptors (Lipinski definition) is 2. The maximum atomic E-state index is 5.92. The molecule has 3 heteroatoms. The van der Waals surface area contributed by atoms with Crippen LogP contribution in [0.4, 0.5) is 5.69 Å². The normalized spacial score (nSPS) is 11.0. The van der Waals surface area contributed by atoms with Gasteiger partial charge in [-0.2, -0.15) is 0 Å². The minimum Gasteiger partial charge on any atom is -0.397 e. The zero-order valence-electron chi connectivity index (χ0n) is 8.13. The van der Waals surface area contributed by atoms with E-state index in [9.17, 15) is 0 Å². The molecule has 1 heterocycles. The fourth-order valence-corrected chi connectivity index (χ4v) is 1.75. The minimum absolute atomic E-state index is 0.793. The van der Waals surface area contributed by atoms with Gasteiger partial charge in [0, 0.05) is 7.05 Å². The lowest BCUT2D eigenvalue weighted by Gasteiger charge is -2.05. The van der Waals surface area contributed by atoms with E-state index in [1.165, 1.54) is 5.56 Å². The van der Waals surface area contributed by atoms with Gasteiger partial charge in [-0.3, -0.25) is 0 Å². The third-order valence-corrected chi connectivity index (χ3v) is 2.42. The maximum Gasteiger partial charge on any atom is 0.112 e. The third kappa shape index (κ3) is 1.00. The summed E-state index contributed by atoms with van der Waals surface area (Å²) in [7, 11) is 1.98. The summed E-state index contributed by atoms with van der Waals surface area (Å²) in [5, 5.41) is 0. The molecule has 13 heavy (non-hydrogen) atoms. The van der Waals surface area contributed by atoms with Crippen LogP contribution < -0.4 is 5.73 Å². The van der Waals surface area contributed by atoms with Crippen LogP contribution in [0.3, 0.4) is 0 Å². The Morgan fingerprint density at radius 1 is 1.31 bits per heavy atom. The lowest BCUT2D eigenvalue weighted by Crippen LogP contribution is -1.94. The molecular weight excluding hydrogens is 162 g/mol. The fraction of sp³-hybridized carbons (Fsp3) is 0.300. The van der Waals surface area contributed by atoms with E-state index in [0.29, 0.717) is 0 Å². The predicted octanol–water partition coefficient (Wildman–Crippen LogP) is 1.77. The Morgan fingerprint density at radius 2 is 2.00 bits per heavy atom. The van der Waals surface area contributed by atoms with Crippen LogP contribution in [-0.2, 0) is 7.05 Å². The zero-order valence-corrected chi connectivity index (χ0v) is 8.13. The van der Waals surface area contributed by atoms with E-state index < -0.39 is 0 Å². The third-order valence-electron chi connectivity index (χ3n) is 2.42. The van der Waals surface area contributed by atoms with Crippen LogP contribution >= 0.6 is 0 Å².